The topological polar surface area (TPSA) is 107 Å². The number of nitrogens with one attached hydrogen (secondary N) is 1. The normalized spacial score (nSPS) is 10.7. The van der Waals surface area contributed by atoms with Crippen molar-refractivity contribution in [3.63, 3.8) is 0 Å². The second kappa shape index (κ2) is 4.61. The molecule has 0 aliphatic carbocycles. The van der Waals surface area contributed by atoms with Crippen molar-refractivity contribution in [2.24, 2.45) is 5.73 Å². The highest BCUT2D eigenvalue weighted by Gasteiger charge is 2.13. The SMILES string of the molecule is COc1ccc(-c2nc3ccnnc3[nH]2)cc1C(N)=O. The Bertz CT molecular complexity index is 763. The van der Waals surface area contributed by atoms with E-state index in [0.717, 1.165) is 5.56 Å². The highest BCUT2D eigenvalue weighted by atomic mass is 16.5. The fourth-order valence-corrected chi connectivity index (χ4v) is 1.95. The number of nitrogens with two attached hydrogens (primary N) is 1. The van der Waals surface area contributed by atoms with E-state index in [0.29, 0.717) is 28.3 Å². The number of hydrogen-bond acceptors (Lipinski definition) is 5. The van der Waals surface area contributed by atoms with E-state index in [2.05, 4.69) is 20.2 Å². The maximum Gasteiger partial charge on any atom is 0.252 e. The Morgan fingerprint density at radius 1 is 1.35 bits per heavy atom. The summed E-state index contributed by atoms with van der Waals surface area (Å²) in [5, 5.41) is 7.71. The van der Waals surface area contributed by atoms with Crippen LogP contribution in [0.3, 0.4) is 0 Å². The lowest BCUT2D eigenvalue weighted by Gasteiger charge is -2.06. The van der Waals surface area contributed by atoms with Gasteiger partial charge in [-0.15, -0.1) is 5.10 Å². The van der Waals surface area contributed by atoms with Crippen LogP contribution in [0.4, 0.5) is 0 Å². The number of ether oxygens (including phenoxy) is 1. The van der Waals surface area contributed by atoms with Gasteiger partial charge in [-0.1, -0.05) is 0 Å². The molecule has 0 fully saturated rings. The fourth-order valence-electron chi connectivity index (χ4n) is 1.95. The van der Waals surface area contributed by atoms with Gasteiger partial charge in [-0.3, -0.25) is 4.79 Å². The third-order valence-electron chi connectivity index (χ3n) is 2.91. The van der Waals surface area contributed by atoms with Crippen LogP contribution in [0.25, 0.3) is 22.6 Å². The summed E-state index contributed by atoms with van der Waals surface area (Å²) < 4.78 is 5.10. The molecule has 0 radical (unpaired) electrons. The number of hydrogen-bond donors (Lipinski definition) is 2. The first kappa shape index (κ1) is 12.1. The van der Waals surface area contributed by atoms with Gasteiger partial charge in [0.1, 0.15) is 17.1 Å². The predicted octanol–water partition coefficient (Wildman–Crippen LogP) is 1.13. The summed E-state index contributed by atoms with van der Waals surface area (Å²) in [7, 11) is 1.48. The van der Waals surface area contributed by atoms with Crippen LogP contribution in [-0.2, 0) is 0 Å². The molecule has 0 unspecified atom stereocenters. The first-order valence-corrected chi connectivity index (χ1v) is 5.84. The largest absolute Gasteiger partial charge is 0.496 e. The number of rotatable bonds is 3. The Hall–Kier alpha value is -2.96. The van der Waals surface area contributed by atoms with Crippen LogP contribution in [-0.4, -0.2) is 33.2 Å². The molecule has 3 N–H and O–H groups in total. The maximum atomic E-state index is 11.4. The fraction of sp³-hybridized carbons (Fsp3) is 0.0769. The Labute approximate surface area is 113 Å². The van der Waals surface area contributed by atoms with Crippen LogP contribution in [0.1, 0.15) is 10.4 Å². The minimum atomic E-state index is -0.556. The quantitative estimate of drug-likeness (QED) is 0.741. The number of H-pyrrole nitrogens is 1. The molecule has 2 aromatic heterocycles. The Morgan fingerprint density at radius 2 is 2.20 bits per heavy atom. The Balaban J connectivity index is 2.14. The average Bonchev–Trinajstić information content (AvgIpc) is 2.90. The number of primary amides is 1. The zero-order valence-corrected chi connectivity index (χ0v) is 10.6. The number of imidazole rings is 1. The summed E-state index contributed by atoms with van der Waals surface area (Å²) in [5.41, 5.74) is 7.65. The molecule has 0 atom stereocenters. The third kappa shape index (κ3) is 1.95. The van der Waals surface area contributed by atoms with Gasteiger partial charge in [0.2, 0.25) is 0 Å². The molecule has 0 saturated carbocycles. The van der Waals surface area contributed by atoms with Crippen LogP contribution in [0.5, 0.6) is 5.75 Å². The first-order valence-electron chi connectivity index (χ1n) is 5.84. The Kier molecular flexibility index (Phi) is 2.79. The monoisotopic (exact) mass is 269 g/mol. The number of benzene rings is 1. The molecule has 100 valence electrons. The molecule has 3 rings (SSSR count). The summed E-state index contributed by atoms with van der Waals surface area (Å²) >= 11 is 0. The van der Waals surface area contributed by atoms with E-state index in [1.165, 1.54) is 7.11 Å². The molecule has 7 nitrogen and oxygen atoms in total. The van der Waals surface area contributed by atoms with Crippen molar-refractivity contribution in [3.8, 4) is 17.1 Å². The number of nitrogens with zero attached hydrogens (tertiary/aromatic N) is 3. The van der Waals surface area contributed by atoms with Crippen molar-refractivity contribution in [1.29, 1.82) is 0 Å². The van der Waals surface area contributed by atoms with Crippen LogP contribution in [0, 0.1) is 0 Å². The lowest BCUT2D eigenvalue weighted by atomic mass is 10.1. The lowest BCUT2D eigenvalue weighted by Crippen LogP contribution is -2.12. The van der Waals surface area contributed by atoms with Crippen LogP contribution < -0.4 is 10.5 Å². The molecule has 0 aliphatic rings. The molecular formula is C13H11N5O2. The van der Waals surface area contributed by atoms with Crippen molar-refractivity contribution in [2.75, 3.05) is 7.11 Å². The van der Waals surface area contributed by atoms with Crippen LogP contribution in [0.2, 0.25) is 0 Å². The minimum absolute atomic E-state index is 0.302. The van der Waals surface area contributed by atoms with Crippen molar-refractivity contribution in [2.45, 2.75) is 0 Å². The number of amides is 1. The van der Waals surface area contributed by atoms with Crippen LogP contribution in [0.15, 0.2) is 30.5 Å². The van der Waals surface area contributed by atoms with Crippen molar-refractivity contribution >= 4 is 17.1 Å². The molecule has 3 aromatic rings. The van der Waals surface area contributed by atoms with Gasteiger partial charge in [-0.05, 0) is 24.3 Å². The summed E-state index contributed by atoms with van der Waals surface area (Å²) in [5.74, 6) is 0.461. The summed E-state index contributed by atoms with van der Waals surface area (Å²) in [6.45, 7) is 0. The average molecular weight is 269 g/mol. The van der Waals surface area contributed by atoms with E-state index in [-0.39, 0.29) is 0 Å². The molecule has 0 bridgehead atoms. The van der Waals surface area contributed by atoms with E-state index in [1.807, 2.05) is 0 Å². The van der Waals surface area contributed by atoms with Gasteiger partial charge < -0.3 is 15.5 Å². The number of carbonyl (C=O) groups excluding carboxylic acids is 1. The molecule has 1 aromatic carbocycles. The number of aromatic nitrogens is 4. The Morgan fingerprint density at radius 3 is 2.90 bits per heavy atom. The smallest absolute Gasteiger partial charge is 0.252 e. The number of fused-ring (bicyclic) bond motifs is 1. The van der Waals surface area contributed by atoms with E-state index in [1.54, 1.807) is 30.5 Å². The lowest BCUT2D eigenvalue weighted by molar-refractivity contribution is 0.0997. The third-order valence-corrected chi connectivity index (χ3v) is 2.91. The molecule has 20 heavy (non-hydrogen) atoms. The molecule has 1 amide bonds. The van der Waals surface area contributed by atoms with Gasteiger partial charge in [0.25, 0.3) is 5.91 Å². The predicted molar refractivity (Wildman–Crippen MR) is 72.2 cm³/mol. The van der Waals surface area contributed by atoms with Gasteiger partial charge in [-0.25, -0.2) is 4.98 Å². The summed E-state index contributed by atoms with van der Waals surface area (Å²) in [4.78, 5) is 18.9. The van der Waals surface area contributed by atoms with E-state index >= 15 is 0 Å². The summed E-state index contributed by atoms with van der Waals surface area (Å²) in [6.07, 6.45) is 1.57. The molecule has 0 spiro atoms. The standard InChI is InChI=1S/C13H11N5O2/c1-20-10-3-2-7(6-8(10)11(14)19)12-16-9-4-5-15-18-13(9)17-12/h2-6H,1H3,(H2,14,19)(H,16,17,18). The second-order valence-electron chi connectivity index (χ2n) is 4.13. The molecule has 0 saturated heterocycles. The van der Waals surface area contributed by atoms with Gasteiger partial charge in [0, 0.05) is 5.56 Å². The summed E-state index contributed by atoms with van der Waals surface area (Å²) in [6, 6.07) is 6.85. The highest BCUT2D eigenvalue weighted by molar-refractivity contribution is 5.97. The molecule has 2 heterocycles. The minimum Gasteiger partial charge on any atom is -0.496 e. The maximum absolute atomic E-state index is 11.4. The molecular weight excluding hydrogens is 258 g/mol. The van der Waals surface area contributed by atoms with Crippen LogP contribution >= 0.6 is 0 Å². The second-order valence-corrected chi connectivity index (χ2v) is 4.13. The van der Waals surface area contributed by atoms with Gasteiger partial charge in [0.05, 0.1) is 18.9 Å². The van der Waals surface area contributed by atoms with Crippen molar-refractivity contribution in [1.82, 2.24) is 20.2 Å². The molecule has 0 aliphatic heterocycles. The molecule has 7 heteroatoms. The van der Waals surface area contributed by atoms with Gasteiger partial charge in [0.15, 0.2) is 5.65 Å². The first-order chi connectivity index (χ1) is 9.69. The van der Waals surface area contributed by atoms with E-state index < -0.39 is 5.91 Å². The number of aromatic amines is 1. The zero-order valence-electron chi connectivity index (χ0n) is 10.6. The van der Waals surface area contributed by atoms with Gasteiger partial charge >= 0.3 is 0 Å². The van der Waals surface area contributed by atoms with E-state index in [4.69, 9.17) is 10.5 Å². The van der Waals surface area contributed by atoms with Crippen molar-refractivity contribution in [3.05, 3.63) is 36.0 Å². The highest BCUT2D eigenvalue weighted by Crippen LogP contribution is 2.25. The zero-order chi connectivity index (χ0) is 14.1. The van der Waals surface area contributed by atoms with E-state index in [9.17, 15) is 4.79 Å². The number of methoxy groups -OCH3 is 1. The van der Waals surface area contributed by atoms with Gasteiger partial charge in [-0.2, -0.15) is 5.10 Å². The number of carbonyl (C=O) groups is 1. The van der Waals surface area contributed by atoms with Crippen molar-refractivity contribution < 1.29 is 9.53 Å².